The van der Waals surface area contributed by atoms with E-state index in [2.05, 4.69) is 132 Å². The summed E-state index contributed by atoms with van der Waals surface area (Å²) in [6, 6.07) is 60.8. The molecule has 43 heavy (non-hydrogen) atoms. The molecule has 1 aromatic heterocycles. The zero-order valence-electron chi connectivity index (χ0n) is 23.6. The quantitative estimate of drug-likeness (QED) is 0.197. The maximum absolute atomic E-state index is 4.97. The second-order valence-electron chi connectivity index (χ2n) is 10.3. The third-order valence-electron chi connectivity index (χ3n) is 7.50. The molecule has 204 valence electrons. The van der Waals surface area contributed by atoms with Crippen LogP contribution in [0.4, 0.5) is 17.1 Å². The first-order valence-corrected chi connectivity index (χ1v) is 14.4. The van der Waals surface area contributed by atoms with Gasteiger partial charge in [-0.15, -0.1) is 0 Å². The molecule has 6 aromatic carbocycles. The molecule has 0 amide bonds. The number of nitrogens with zero attached hydrogens (tertiary/aromatic N) is 3. The number of anilines is 3. The van der Waals surface area contributed by atoms with Crippen LogP contribution in [0.2, 0.25) is 0 Å². The third-order valence-corrected chi connectivity index (χ3v) is 7.50. The lowest BCUT2D eigenvalue weighted by atomic mass is 10.0. The molecule has 0 bridgehead atoms. The van der Waals surface area contributed by atoms with Crippen LogP contribution < -0.4 is 4.90 Å². The summed E-state index contributed by atoms with van der Waals surface area (Å²) in [7, 11) is 0. The number of para-hydroxylation sites is 2. The lowest BCUT2D eigenvalue weighted by Gasteiger charge is -2.25. The topological polar surface area (TPSA) is 29.0 Å². The molecular weight excluding hydrogens is 522 g/mol. The Kier molecular flexibility index (Phi) is 7.27. The normalized spacial score (nSPS) is 10.8. The summed E-state index contributed by atoms with van der Waals surface area (Å²) in [5.41, 5.74) is 10.6. The zero-order chi connectivity index (χ0) is 28.8. The van der Waals surface area contributed by atoms with E-state index >= 15 is 0 Å². The Morgan fingerprint density at radius 3 is 1.14 bits per heavy atom. The van der Waals surface area contributed by atoms with Crippen molar-refractivity contribution in [3.05, 3.63) is 176 Å². The van der Waals surface area contributed by atoms with E-state index in [1.165, 1.54) is 0 Å². The van der Waals surface area contributed by atoms with Gasteiger partial charge in [0.05, 0.1) is 11.4 Å². The van der Waals surface area contributed by atoms with Crippen LogP contribution in [0.5, 0.6) is 0 Å². The van der Waals surface area contributed by atoms with Gasteiger partial charge in [0.1, 0.15) is 0 Å². The highest BCUT2D eigenvalue weighted by Gasteiger charge is 2.13. The highest BCUT2D eigenvalue weighted by molar-refractivity contribution is 5.79. The van der Waals surface area contributed by atoms with Gasteiger partial charge in [-0.3, -0.25) is 0 Å². The first kappa shape index (κ1) is 26.1. The maximum atomic E-state index is 4.97. The Morgan fingerprint density at radius 1 is 0.302 bits per heavy atom. The van der Waals surface area contributed by atoms with Gasteiger partial charge in [-0.25, -0.2) is 9.97 Å². The van der Waals surface area contributed by atoms with Gasteiger partial charge >= 0.3 is 0 Å². The molecule has 0 aliphatic heterocycles. The SMILES string of the molecule is c1ccc(-c2cc(-c3ccc(-c4ccc(N(c5ccccc5)c5ccccc5)cc4)cc3)nc(-c3ccccc3)n2)cc1. The van der Waals surface area contributed by atoms with Crippen LogP contribution in [-0.2, 0) is 0 Å². The predicted octanol–water partition coefficient (Wildman–Crippen LogP) is 10.6. The van der Waals surface area contributed by atoms with E-state index in [4.69, 9.17) is 9.97 Å². The van der Waals surface area contributed by atoms with E-state index in [1.54, 1.807) is 0 Å². The van der Waals surface area contributed by atoms with E-state index in [-0.39, 0.29) is 0 Å². The van der Waals surface area contributed by atoms with Gasteiger partial charge in [0.25, 0.3) is 0 Å². The molecule has 0 spiro atoms. The first-order valence-electron chi connectivity index (χ1n) is 14.4. The Balaban J connectivity index is 1.21. The minimum atomic E-state index is 0.720. The summed E-state index contributed by atoms with van der Waals surface area (Å²) < 4.78 is 0. The number of aromatic nitrogens is 2. The Labute approximate surface area is 252 Å². The second kappa shape index (κ2) is 12.0. The summed E-state index contributed by atoms with van der Waals surface area (Å²) in [6.45, 7) is 0. The minimum Gasteiger partial charge on any atom is -0.311 e. The monoisotopic (exact) mass is 551 g/mol. The van der Waals surface area contributed by atoms with Crippen molar-refractivity contribution in [3.63, 3.8) is 0 Å². The molecule has 0 saturated carbocycles. The van der Waals surface area contributed by atoms with Crippen molar-refractivity contribution in [1.82, 2.24) is 9.97 Å². The molecule has 3 heteroatoms. The third kappa shape index (κ3) is 5.70. The molecule has 0 unspecified atom stereocenters. The first-order chi connectivity index (χ1) is 21.3. The van der Waals surface area contributed by atoms with E-state index in [0.29, 0.717) is 0 Å². The second-order valence-corrected chi connectivity index (χ2v) is 10.3. The summed E-state index contributed by atoms with van der Waals surface area (Å²) in [6.07, 6.45) is 0. The standard InChI is InChI=1S/C40H29N3/c1-5-13-32(14-6-1)38-29-39(42-40(41-38)34-15-7-2-8-16-34)33-23-21-30(22-24-33)31-25-27-37(28-26-31)43(35-17-9-3-10-18-35)36-19-11-4-12-20-36/h1-29H. The highest BCUT2D eigenvalue weighted by atomic mass is 15.1. The lowest BCUT2D eigenvalue weighted by Crippen LogP contribution is -2.09. The lowest BCUT2D eigenvalue weighted by molar-refractivity contribution is 1.18. The molecule has 0 radical (unpaired) electrons. The predicted molar refractivity (Wildman–Crippen MR) is 178 cm³/mol. The van der Waals surface area contributed by atoms with Gasteiger partial charge in [-0.1, -0.05) is 133 Å². The van der Waals surface area contributed by atoms with Crippen LogP contribution in [0.3, 0.4) is 0 Å². The van der Waals surface area contributed by atoms with Crippen molar-refractivity contribution in [2.75, 3.05) is 4.90 Å². The summed E-state index contributed by atoms with van der Waals surface area (Å²) in [5.74, 6) is 0.720. The smallest absolute Gasteiger partial charge is 0.160 e. The number of hydrogen-bond donors (Lipinski definition) is 0. The van der Waals surface area contributed by atoms with Gasteiger partial charge in [0, 0.05) is 33.8 Å². The van der Waals surface area contributed by atoms with Gasteiger partial charge in [-0.2, -0.15) is 0 Å². The van der Waals surface area contributed by atoms with E-state index in [1.807, 2.05) is 48.5 Å². The van der Waals surface area contributed by atoms with Crippen LogP contribution in [0.1, 0.15) is 0 Å². The van der Waals surface area contributed by atoms with E-state index in [9.17, 15) is 0 Å². The molecule has 7 rings (SSSR count). The minimum absolute atomic E-state index is 0.720. The van der Waals surface area contributed by atoms with Crippen molar-refractivity contribution in [2.24, 2.45) is 0 Å². The number of rotatable bonds is 7. The Hall–Kier alpha value is -5.80. The molecule has 0 aliphatic rings. The molecule has 1 heterocycles. The van der Waals surface area contributed by atoms with Crippen molar-refractivity contribution in [3.8, 4) is 45.0 Å². The molecular formula is C40H29N3. The number of hydrogen-bond acceptors (Lipinski definition) is 3. The van der Waals surface area contributed by atoms with E-state index < -0.39 is 0 Å². The largest absolute Gasteiger partial charge is 0.311 e. The Bertz CT molecular complexity index is 1820. The van der Waals surface area contributed by atoms with Gasteiger partial charge in [0.15, 0.2) is 5.82 Å². The summed E-state index contributed by atoms with van der Waals surface area (Å²) >= 11 is 0. The van der Waals surface area contributed by atoms with Crippen LogP contribution in [0.25, 0.3) is 45.0 Å². The maximum Gasteiger partial charge on any atom is 0.160 e. The molecule has 0 fully saturated rings. The van der Waals surface area contributed by atoms with Crippen LogP contribution in [-0.4, -0.2) is 9.97 Å². The summed E-state index contributed by atoms with van der Waals surface area (Å²) in [5, 5.41) is 0. The molecule has 0 saturated heterocycles. The number of benzene rings is 6. The average molecular weight is 552 g/mol. The van der Waals surface area contributed by atoms with Crippen molar-refractivity contribution in [1.29, 1.82) is 0 Å². The molecule has 0 N–H and O–H groups in total. The van der Waals surface area contributed by atoms with Gasteiger partial charge in [0.2, 0.25) is 0 Å². The molecule has 0 aliphatic carbocycles. The van der Waals surface area contributed by atoms with Crippen molar-refractivity contribution < 1.29 is 0 Å². The molecule has 0 atom stereocenters. The summed E-state index contributed by atoms with van der Waals surface area (Å²) in [4.78, 5) is 12.2. The van der Waals surface area contributed by atoms with Crippen LogP contribution in [0, 0.1) is 0 Å². The van der Waals surface area contributed by atoms with Crippen LogP contribution >= 0.6 is 0 Å². The fraction of sp³-hybridized carbons (Fsp3) is 0. The fourth-order valence-corrected chi connectivity index (χ4v) is 5.31. The zero-order valence-corrected chi connectivity index (χ0v) is 23.6. The van der Waals surface area contributed by atoms with Crippen molar-refractivity contribution >= 4 is 17.1 Å². The molecule has 3 nitrogen and oxygen atoms in total. The van der Waals surface area contributed by atoms with Crippen LogP contribution in [0.15, 0.2) is 176 Å². The Morgan fingerprint density at radius 2 is 0.651 bits per heavy atom. The average Bonchev–Trinajstić information content (AvgIpc) is 3.10. The van der Waals surface area contributed by atoms with E-state index in [0.717, 1.165) is 62.1 Å². The fourth-order valence-electron chi connectivity index (χ4n) is 5.31. The van der Waals surface area contributed by atoms with Gasteiger partial charge in [-0.05, 0) is 53.6 Å². The molecule has 7 aromatic rings. The van der Waals surface area contributed by atoms with Crippen molar-refractivity contribution in [2.45, 2.75) is 0 Å². The highest BCUT2D eigenvalue weighted by Crippen LogP contribution is 2.36. The van der Waals surface area contributed by atoms with Gasteiger partial charge < -0.3 is 4.90 Å².